The number of epoxide rings is 1. The first kappa shape index (κ1) is 43.6. The Labute approximate surface area is 359 Å². The molecule has 0 unspecified atom stereocenters. The third-order valence-electron chi connectivity index (χ3n) is 17.9. The van der Waals surface area contributed by atoms with Crippen LogP contribution in [0.15, 0.2) is 47.5 Å². The molecular formula is C52H74N2O6. The fourth-order valence-corrected chi connectivity index (χ4v) is 15.5. The van der Waals surface area contributed by atoms with E-state index in [1.807, 2.05) is 20.9 Å². The Bertz CT molecular complexity index is 2070. The van der Waals surface area contributed by atoms with Gasteiger partial charge in [-0.3, -0.25) is 9.59 Å². The van der Waals surface area contributed by atoms with Gasteiger partial charge in [-0.1, -0.05) is 79.5 Å². The highest BCUT2D eigenvalue weighted by molar-refractivity contribution is 6.00. The van der Waals surface area contributed by atoms with Crippen LogP contribution in [0.25, 0.3) is 0 Å². The number of allylic oxidation sites excluding steroid dienone is 2. The Kier molecular flexibility index (Phi) is 10.9. The second kappa shape index (κ2) is 15.1. The Morgan fingerprint density at radius 3 is 2.33 bits per heavy atom. The number of phenolic OH excluding ortho intramolecular Hbond substituents is 1. The van der Waals surface area contributed by atoms with Crippen molar-refractivity contribution in [3.05, 3.63) is 69.8 Å². The SMILES string of the molecule is CNCc1cc(O)cc([C@H]2C[C@@]3(C)[C@@H]([C@@H](O)C[C@@]4(C)[C@H]3CCC3=C([C@H](C)C[C@@H](O)[C@@H]5O[C@]5(C)[C@@H]5CCC[C@@H]5c5cc(N)cc(CC(C)C)c5)C(=O)C[C@@]34C)C(C)(C)C2=O)c1. The topological polar surface area (TPSA) is 145 Å². The van der Waals surface area contributed by atoms with Crippen molar-refractivity contribution in [3.63, 3.8) is 0 Å². The molecule has 6 aliphatic rings. The van der Waals surface area contributed by atoms with Crippen molar-refractivity contribution < 1.29 is 29.6 Å². The molecule has 5 fully saturated rings. The molecule has 8 rings (SSSR count). The maximum atomic E-state index is 14.5. The number of ether oxygens (including phenoxy) is 1. The zero-order valence-electron chi connectivity index (χ0n) is 38.2. The summed E-state index contributed by atoms with van der Waals surface area (Å²) in [6.45, 7) is 20.3. The lowest BCUT2D eigenvalue weighted by Crippen LogP contribution is -2.67. The summed E-state index contributed by atoms with van der Waals surface area (Å²) in [6.07, 6.45) is 6.29. The maximum Gasteiger partial charge on any atom is 0.159 e. The van der Waals surface area contributed by atoms with Crippen molar-refractivity contribution in [1.29, 1.82) is 0 Å². The molecule has 8 nitrogen and oxygen atoms in total. The molecule has 328 valence electrons. The first-order chi connectivity index (χ1) is 28.1. The van der Waals surface area contributed by atoms with Gasteiger partial charge in [-0.15, -0.1) is 0 Å². The number of anilines is 1. The molecule has 13 atom stereocenters. The molecular weight excluding hydrogens is 749 g/mol. The third kappa shape index (κ3) is 6.75. The molecule has 0 aromatic heterocycles. The maximum absolute atomic E-state index is 14.5. The first-order valence-electron chi connectivity index (χ1n) is 23.3. The van der Waals surface area contributed by atoms with Gasteiger partial charge in [0.05, 0.1) is 17.8 Å². The van der Waals surface area contributed by atoms with Crippen molar-refractivity contribution in [2.24, 2.45) is 51.2 Å². The molecule has 2 aromatic rings. The van der Waals surface area contributed by atoms with E-state index in [0.29, 0.717) is 50.0 Å². The lowest BCUT2D eigenvalue weighted by atomic mass is 9.35. The molecule has 1 saturated heterocycles. The fraction of sp³-hybridized carbons (Fsp3) is 0.692. The summed E-state index contributed by atoms with van der Waals surface area (Å²) < 4.78 is 6.54. The number of aromatic hydroxyl groups is 1. The summed E-state index contributed by atoms with van der Waals surface area (Å²) in [5.74, 6) is 1.05. The molecule has 6 N–H and O–H groups in total. The molecule has 2 aromatic carbocycles. The number of carbonyl (C=O) groups excluding carboxylic acids is 2. The molecule has 5 aliphatic carbocycles. The highest BCUT2D eigenvalue weighted by Gasteiger charge is 2.71. The van der Waals surface area contributed by atoms with Gasteiger partial charge in [0, 0.05) is 41.3 Å². The lowest BCUT2D eigenvalue weighted by molar-refractivity contribution is -0.219. The predicted molar refractivity (Wildman–Crippen MR) is 237 cm³/mol. The van der Waals surface area contributed by atoms with Crippen LogP contribution in [0.5, 0.6) is 5.75 Å². The van der Waals surface area contributed by atoms with Crippen molar-refractivity contribution >= 4 is 17.3 Å². The number of aliphatic hydroxyl groups excluding tert-OH is 2. The van der Waals surface area contributed by atoms with E-state index in [1.165, 1.54) is 16.7 Å². The Morgan fingerprint density at radius 1 is 0.917 bits per heavy atom. The Morgan fingerprint density at radius 2 is 1.63 bits per heavy atom. The Hall–Kier alpha value is -3.04. The van der Waals surface area contributed by atoms with Crippen LogP contribution < -0.4 is 11.1 Å². The number of hydrogen-bond acceptors (Lipinski definition) is 8. The van der Waals surface area contributed by atoms with Crippen LogP contribution in [-0.2, 0) is 27.3 Å². The summed E-state index contributed by atoms with van der Waals surface area (Å²) in [7, 11) is 1.87. The molecule has 1 heterocycles. The normalized spacial score (nSPS) is 39.4. The molecule has 4 saturated carbocycles. The summed E-state index contributed by atoms with van der Waals surface area (Å²) >= 11 is 0. The van der Waals surface area contributed by atoms with Gasteiger partial charge in [-0.25, -0.2) is 0 Å². The third-order valence-corrected chi connectivity index (χ3v) is 17.9. The van der Waals surface area contributed by atoms with Gasteiger partial charge in [0.15, 0.2) is 5.78 Å². The van der Waals surface area contributed by atoms with Crippen LogP contribution in [0.4, 0.5) is 5.69 Å². The van der Waals surface area contributed by atoms with Crippen LogP contribution in [-0.4, -0.2) is 57.8 Å². The van der Waals surface area contributed by atoms with E-state index in [2.05, 4.69) is 78.0 Å². The molecule has 8 heteroatoms. The van der Waals surface area contributed by atoms with Crippen LogP contribution in [0.1, 0.15) is 154 Å². The van der Waals surface area contributed by atoms with E-state index in [0.717, 1.165) is 60.9 Å². The molecule has 0 bridgehead atoms. The number of nitrogens with two attached hydrogens (primary N) is 1. The van der Waals surface area contributed by atoms with Crippen molar-refractivity contribution in [2.75, 3.05) is 12.8 Å². The summed E-state index contributed by atoms with van der Waals surface area (Å²) in [5, 5.41) is 38.2. The number of nitrogen functional groups attached to an aromatic ring is 1. The number of fused-ring (bicyclic) bond motifs is 5. The molecule has 60 heavy (non-hydrogen) atoms. The second-order valence-electron chi connectivity index (χ2n) is 22.6. The van der Waals surface area contributed by atoms with E-state index in [1.54, 1.807) is 12.1 Å². The summed E-state index contributed by atoms with van der Waals surface area (Å²) in [6, 6.07) is 12.2. The van der Waals surface area contributed by atoms with Crippen LogP contribution in [0.2, 0.25) is 0 Å². The number of rotatable bonds is 11. The Balaban J connectivity index is 1.04. The minimum Gasteiger partial charge on any atom is -0.508 e. The largest absolute Gasteiger partial charge is 0.508 e. The first-order valence-corrected chi connectivity index (χ1v) is 23.3. The number of aliphatic hydroxyl groups is 2. The van der Waals surface area contributed by atoms with Crippen molar-refractivity contribution in [3.8, 4) is 5.75 Å². The van der Waals surface area contributed by atoms with E-state index in [4.69, 9.17) is 10.5 Å². The zero-order valence-corrected chi connectivity index (χ0v) is 38.2. The van der Waals surface area contributed by atoms with Gasteiger partial charge in [0.25, 0.3) is 0 Å². The van der Waals surface area contributed by atoms with E-state index < -0.39 is 40.0 Å². The summed E-state index contributed by atoms with van der Waals surface area (Å²) in [4.78, 5) is 29.0. The second-order valence-corrected chi connectivity index (χ2v) is 22.6. The number of hydrogen-bond donors (Lipinski definition) is 5. The van der Waals surface area contributed by atoms with Gasteiger partial charge in [-0.05, 0) is 158 Å². The fourth-order valence-electron chi connectivity index (χ4n) is 15.5. The monoisotopic (exact) mass is 823 g/mol. The minimum atomic E-state index is -0.783. The predicted octanol–water partition coefficient (Wildman–Crippen LogP) is 9.18. The average Bonchev–Trinajstić information content (AvgIpc) is 3.44. The number of phenols is 1. The van der Waals surface area contributed by atoms with Gasteiger partial charge in [-0.2, -0.15) is 0 Å². The molecule has 0 spiro atoms. The highest BCUT2D eigenvalue weighted by atomic mass is 16.6. The van der Waals surface area contributed by atoms with Gasteiger partial charge in [0.2, 0.25) is 0 Å². The smallest absolute Gasteiger partial charge is 0.159 e. The van der Waals surface area contributed by atoms with E-state index >= 15 is 0 Å². The van der Waals surface area contributed by atoms with Gasteiger partial charge in [0.1, 0.15) is 17.6 Å². The summed E-state index contributed by atoms with van der Waals surface area (Å²) in [5.41, 5.74) is 11.3. The van der Waals surface area contributed by atoms with Crippen LogP contribution in [0, 0.1) is 51.2 Å². The van der Waals surface area contributed by atoms with Crippen molar-refractivity contribution in [1.82, 2.24) is 5.32 Å². The number of benzene rings is 2. The molecule has 0 radical (unpaired) electrons. The number of carbonyl (C=O) groups is 2. The highest BCUT2D eigenvalue weighted by Crippen LogP contribution is 2.75. The molecule has 1 aliphatic heterocycles. The van der Waals surface area contributed by atoms with E-state index in [9.17, 15) is 24.9 Å². The lowest BCUT2D eigenvalue weighted by Gasteiger charge is -2.69. The van der Waals surface area contributed by atoms with Gasteiger partial charge < -0.3 is 31.1 Å². The van der Waals surface area contributed by atoms with E-state index in [-0.39, 0.29) is 46.6 Å². The number of ketones is 2. The van der Waals surface area contributed by atoms with Gasteiger partial charge >= 0.3 is 0 Å². The number of Topliss-reactive ketones (excluding diaryl/α,β-unsaturated/α-hetero) is 2. The number of nitrogens with one attached hydrogen (secondary N) is 1. The zero-order chi connectivity index (χ0) is 43.5. The van der Waals surface area contributed by atoms with Crippen LogP contribution >= 0.6 is 0 Å². The van der Waals surface area contributed by atoms with Crippen molar-refractivity contribution in [2.45, 2.75) is 169 Å². The quantitative estimate of drug-likeness (QED) is 0.112. The molecule has 0 amide bonds. The van der Waals surface area contributed by atoms with Crippen LogP contribution in [0.3, 0.4) is 0 Å². The minimum absolute atomic E-state index is 0.127. The average molecular weight is 823 g/mol. The standard InChI is InChI=1S/C52H74N2O6/c1-28(2)16-30-18-32(22-34(53)20-30)36-12-11-13-38(36)52(9)47(60-52)40(56)17-29(3)44-39-14-15-43-49(6)24-37(33-19-31(27-54-10)21-35(55)23-33)46(59)48(4,5)45(49)42(58)26-51(43,8)50(39,7)25-41(44)57/h18-23,28-29,36-38,40,42-43,45,47,54-56,58H,11-17,24-27,53H2,1-10H3/t29-,36-,37-,38-,40-,42+,43+,45+,47+,49-,50+,51+,52-/m1/s1.